The highest BCUT2D eigenvalue weighted by Gasteiger charge is 2.41. The van der Waals surface area contributed by atoms with Crippen molar-refractivity contribution in [2.45, 2.75) is 31.9 Å². The first-order chi connectivity index (χ1) is 12.3. The maximum atomic E-state index is 6.31. The van der Waals surface area contributed by atoms with Gasteiger partial charge >= 0.3 is 0 Å². The van der Waals surface area contributed by atoms with E-state index in [1.165, 1.54) is 41.6 Å². The van der Waals surface area contributed by atoms with Gasteiger partial charge < -0.3 is 4.74 Å². The number of ether oxygens (including phenoxy) is 1. The van der Waals surface area contributed by atoms with E-state index in [-0.39, 0.29) is 6.10 Å². The lowest BCUT2D eigenvalue weighted by molar-refractivity contribution is -0.0525. The van der Waals surface area contributed by atoms with Crippen molar-refractivity contribution in [2.24, 2.45) is 5.92 Å². The van der Waals surface area contributed by atoms with Gasteiger partial charge in [-0.15, -0.1) is 11.3 Å². The molecule has 0 saturated carbocycles. The van der Waals surface area contributed by atoms with Gasteiger partial charge in [-0.1, -0.05) is 18.2 Å². The molecule has 2 aromatic heterocycles. The number of hydrogen-bond acceptors (Lipinski definition) is 4. The zero-order valence-corrected chi connectivity index (χ0v) is 15.2. The third-order valence-corrected chi connectivity index (χ3v) is 6.84. The van der Waals surface area contributed by atoms with E-state index in [0.717, 1.165) is 11.4 Å². The summed E-state index contributed by atoms with van der Waals surface area (Å²) in [5, 5.41) is 3.44. The summed E-state index contributed by atoms with van der Waals surface area (Å²) in [4.78, 5) is 7.17. The van der Waals surface area contributed by atoms with Crippen LogP contribution in [-0.2, 0) is 0 Å². The number of hydrogen-bond donors (Lipinski definition) is 0. The van der Waals surface area contributed by atoms with Gasteiger partial charge in [0.05, 0.1) is 0 Å². The molecule has 25 heavy (non-hydrogen) atoms. The van der Waals surface area contributed by atoms with Crippen molar-refractivity contribution in [3.05, 3.63) is 48.0 Å². The minimum Gasteiger partial charge on any atom is -0.472 e. The maximum absolute atomic E-state index is 6.31. The van der Waals surface area contributed by atoms with Crippen LogP contribution < -0.4 is 4.74 Å². The van der Waals surface area contributed by atoms with E-state index in [2.05, 4.69) is 52.5 Å². The molecule has 6 rings (SSSR count). The highest BCUT2D eigenvalue weighted by Crippen LogP contribution is 2.36. The summed E-state index contributed by atoms with van der Waals surface area (Å²) < 4.78 is 7.64. The molecule has 3 saturated heterocycles. The van der Waals surface area contributed by atoms with Gasteiger partial charge in [-0.25, -0.2) is 4.98 Å². The van der Waals surface area contributed by atoms with Crippen LogP contribution in [0.15, 0.2) is 48.0 Å². The summed E-state index contributed by atoms with van der Waals surface area (Å²) in [5.41, 5.74) is 2.41. The Hall–Kier alpha value is -1.91. The summed E-state index contributed by atoms with van der Waals surface area (Å²) in [6.45, 7) is 4.74. The van der Waals surface area contributed by atoms with Crippen LogP contribution >= 0.6 is 11.3 Å². The fourth-order valence-electron chi connectivity index (χ4n) is 4.42. The van der Waals surface area contributed by atoms with Gasteiger partial charge in [0.2, 0.25) is 5.88 Å². The van der Waals surface area contributed by atoms with Crippen LogP contribution in [0, 0.1) is 5.92 Å². The van der Waals surface area contributed by atoms with Gasteiger partial charge in [-0.2, -0.15) is 0 Å². The molecule has 4 heteroatoms. The number of thiophene rings is 1. The van der Waals surface area contributed by atoms with Crippen LogP contribution in [0.3, 0.4) is 0 Å². The molecule has 2 atom stereocenters. The molecule has 3 aromatic rings. The molecule has 1 aromatic carbocycles. The summed E-state index contributed by atoms with van der Waals surface area (Å²) in [5.74, 6) is 1.44. The number of rotatable bonds is 3. The van der Waals surface area contributed by atoms with Crippen LogP contribution in [0.5, 0.6) is 5.88 Å². The van der Waals surface area contributed by atoms with E-state index in [9.17, 15) is 0 Å². The molecule has 128 valence electrons. The number of nitrogens with zero attached hydrogens (tertiary/aromatic N) is 2. The molecular formula is C21H22N2OS. The van der Waals surface area contributed by atoms with E-state index >= 15 is 0 Å². The quantitative estimate of drug-likeness (QED) is 0.677. The Labute approximate surface area is 152 Å². The summed E-state index contributed by atoms with van der Waals surface area (Å²) in [7, 11) is 0. The minimum atomic E-state index is 0.279. The van der Waals surface area contributed by atoms with Crippen LogP contribution in [0.25, 0.3) is 21.2 Å². The Morgan fingerprint density at radius 1 is 1.12 bits per heavy atom. The zero-order chi connectivity index (χ0) is 16.8. The Kier molecular flexibility index (Phi) is 3.75. The Bertz CT molecular complexity index is 878. The first-order valence-corrected chi connectivity index (χ1v) is 10.0. The number of benzene rings is 1. The standard InChI is InChI=1S/C21H22N2OS/c1-14-20(15-7-10-23(14)11-8-15)24-19-6-5-17(13-22-19)18-4-2-3-16-9-12-25-21(16)18/h2-6,9,12-15,20H,7-8,10-11H2,1H3. The van der Waals surface area contributed by atoms with Crippen molar-refractivity contribution in [1.82, 2.24) is 9.88 Å². The fraction of sp³-hybridized carbons (Fsp3) is 0.381. The normalized spacial score (nSPS) is 28.4. The van der Waals surface area contributed by atoms with Crippen LogP contribution in [0.1, 0.15) is 19.8 Å². The van der Waals surface area contributed by atoms with Crippen molar-refractivity contribution in [3.8, 4) is 17.0 Å². The lowest BCUT2D eigenvalue weighted by Gasteiger charge is -2.49. The Morgan fingerprint density at radius 2 is 2.00 bits per heavy atom. The lowest BCUT2D eigenvalue weighted by atomic mass is 9.81. The predicted octanol–water partition coefficient (Wildman–Crippen LogP) is 4.82. The van der Waals surface area contributed by atoms with E-state index in [4.69, 9.17) is 4.74 Å². The average Bonchev–Trinajstić information content (AvgIpc) is 3.14. The highest BCUT2D eigenvalue weighted by molar-refractivity contribution is 7.17. The zero-order valence-electron chi connectivity index (χ0n) is 14.4. The number of pyridine rings is 1. The van der Waals surface area contributed by atoms with E-state index < -0.39 is 0 Å². The van der Waals surface area contributed by atoms with Crippen molar-refractivity contribution < 1.29 is 4.74 Å². The molecule has 2 bridgehead atoms. The van der Waals surface area contributed by atoms with E-state index in [1.54, 1.807) is 11.3 Å². The second-order valence-corrected chi connectivity index (χ2v) is 8.14. The fourth-order valence-corrected chi connectivity index (χ4v) is 5.36. The highest BCUT2D eigenvalue weighted by atomic mass is 32.1. The third-order valence-electron chi connectivity index (χ3n) is 5.87. The first-order valence-electron chi connectivity index (χ1n) is 9.13. The monoisotopic (exact) mass is 350 g/mol. The molecule has 2 unspecified atom stereocenters. The smallest absolute Gasteiger partial charge is 0.213 e. The topological polar surface area (TPSA) is 25.4 Å². The molecular weight excluding hydrogens is 328 g/mol. The molecule has 0 N–H and O–H groups in total. The molecule has 3 aliphatic heterocycles. The van der Waals surface area contributed by atoms with Crippen LogP contribution in [-0.4, -0.2) is 35.1 Å². The summed E-state index contributed by atoms with van der Waals surface area (Å²) in [6.07, 6.45) is 4.75. The largest absolute Gasteiger partial charge is 0.472 e. The van der Waals surface area contributed by atoms with E-state index in [1.807, 2.05) is 12.3 Å². The van der Waals surface area contributed by atoms with Gasteiger partial charge in [0.15, 0.2) is 0 Å². The van der Waals surface area contributed by atoms with Crippen molar-refractivity contribution in [1.29, 1.82) is 0 Å². The van der Waals surface area contributed by atoms with Gasteiger partial charge in [-0.05, 0) is 61.7 Å². The summed E-state index contributed by atoms with van der Waals surface area (Å²) in [6, 6.07) is 13.3. The predicted molar refractivity (Wildman–Crippen MR) is 103 cm³/mol. The van der Waals surface area contributed by atoms with Gasteiger partial charge in [0.25, 0.3) is 0 Å². The second-order valence-electron chi connectivity index (χ2n) is 7.23. The summed E-state index contributed by atoms with van der Waals surface area (Å²) >= 11 is 1.79. The molecule has 0 radical (unpaired) electrons. The Morgan fingerprint density at radius 3 is 2.76 bits per heavy atom. The average molecular weight is 350 g/mol. The number of piperidine rings is 3. The lowest BCUT2D eigenvalue weighted by Crippen LogP contribution is -2.58. The Balaban J connectivity index is 1.40. The minimum absolute atomic E-state index is 0.279. The van der Waals surface area contributed by atoms with Crippen molar-refractivity contribution >= 4 is 21.4 Å². The number of fused-ring (bicyclic) bond motifs is 4. The molecule has 3 aliphatic rings. The van der Waals surface area contributed by atoms with Gasteiger partial charge in [0, 0.05) is 34.1 Å². The van der Waals surface area contributed by atoms with Crippen LogP contribution in [0.4, 0.5) is 0 Å². The first kappa shape index (κ1) is 15.4. The maximum Gasteiger partial charge on any atom is 0.213 e. The molecule has 0 amide bonds. The van der Waals surface area contributed by atoms with Crippen molar-refractivity contribution in [2.75, 3.05) is 13.1 Å². The molecule has 3 nitrogen and oxygen atoms in total. The number of aromatic nitrogens is 1. The molecule has 0 aliphatic carbocycles. The van der Waals surface area contributed by atoms with E-state index in [0.29, 0.717) is 12.0 Å². The van der Waals surface area contributed by atoms with Gasteiger partial charge in [-0.3, -0.25) is 4.90 Å². The second kappa shape index (κ2) is 6.11. The molecule has 0 spiro atoms. The molecule has 3 fully saturated rings. The van der Waals surface area contributed by atoms with Crippen LogP contribution in [0.2, 0.25) is 0 Å². The SMILES string of the molecule is CC1C(Oc2ccc(-c3cccc4ccsc34)cn2)C2CCN1CC2. The third kappa shape index (κ3) is 2.64. The van der Waals surface area contributed by atoms with Gasteiger partial charge in [0.1, 0.15) is 6.10 Å². The van der Waals surface area contributed by atoms with Crippen molar-refractivity contribution in [3.63, 3.8) is 0 Å². The molecule has 5 heterocycles.